The minimum atomic E-state index is -0.268. The first-order valence-corrected chi connectivity index (χ1v) is 5.56. The molecule has 5 heteroatoms. The number of hydrogen-bond acceptors (Lipinski definition) is 3. The first kappa shape index (κ1) is 12.3. The lowest BCUT2D eigenvalue weighted by Gasteiger charge is -2.36. The zero-order valence-electron chi connectivity index (χ0n) is 9.34. The van der Waals surface area contributed by atoms with Gasteiger partial charge in [-0.1, -0.05) is 6.92 Å². The Morgan fingerprint density at radius 2 is 2.13 bits per heavy atom. The standard InChI is InChI=1S/C10H21N3O2/c1-2-5-12-9(14)13-10(8-11)3-6-15-7-4-10/h2-8,11H2,1H3,(H2,12,13,14). The van der Waals surface area contributed by atoms with Gasteiger partial charge in [0.1, 0.15) is 0 Å². The summed E-state index contributed by atoms with van der Waals surface area (Å²) in [4.78, 5) is 11.5. The molecule has 1 saturated heterocycles. The van der Waals surface area contributed by atoms with E-state index in [1.54, 1.807) is 0 Å². The van der Waals surface area contributed by atoms with Crippen LogP contribution in [-0.2, 0) is 4.74 Å². The van der Waals surface area contributed by atoms with E-state index >= 15 is 0 Å². The molecular formula is C10H21N3O2. The van der Waals surface area contributed by atoms with Gasteiger partial charge in [0.2, 0.25) is 0 Å². The average Bonchev–Trinajstić information content (AvgIpc) is 2.27. The molecule has 0 radical (unpaired) electrons. The monoisotopic (exact) mass is 215 g/mol. The molecule has 0 unspecified atom stereocenters. The number of nitrogens with two attached hydrogens (primary N) is 1. The Balaban J connectivity index is 2.40. The zero-order valence-corrected chi connectivity index (χ0v) is 9.34. The largest absolute Gasteiger partial charge is 0.381 e. The van der Waals surface area contributed by atoms with Crippen LogP contribution in [0, 0.1) is 0 Å². The fraction of sp³-hybridized carbons (Fsp3) is 0.900. The second-order valence-electron chi connectivity index (χ2n) is 3.98. The molecular weight excluding hydrogens is 194 g/mol. The topological polar surface area (TPSA) is 76.4 Å². The number of amides is 2. The van der Waals surface area contributed by atoms with E-state index < -0.39 is 0 Å². The van der Waals surface area contributed by atoms with Crippen LogP contribution in [0.2, 0.25) is 0 Å². The third kappa shape index (κ3) is 3.68. The molecule has 0 atom stereocenters. The summed E-state index contributed by atoms with van der Waals surface area (Å²) in [7, 11) is 0. The smallest absolute Gasteiger partial charge is 0.315 e. The zero-order chi connectivity index (χ0) is 11.1. The van der Waals surface area contributed by atoms with Gasteiger partial charge in [-0.3, -0.25) is 0 Å². The van der Waals surface area contributed by atoms with E-state index in [0.717, 1.165) is 19.3 Å². The summed E-state index contributed by atoms with van der Waals surface area (Å²) < 4.78 is 5.26. The van der Waals surface area contributed by atoms with Gasteiger partial charge in [-0.05, 0) is 19.3 Å². The van der Waals surface area contributed by atoms with Crippen molar-refractivity contribution >= 4 is 6.03 Å². The summed E-state index contributed by atoms with van der Waals surface area (Å²) in [6.07, 6.45) is 2.53. The Morgan fingerprint density at radius 3 is 2.67 bits per heavy atom. The van der Waals surface area contributed by atoms with Crippen molar-refractivity contribution in [2.24, 2.45) is 5.73 Å². The van der Waals surface area contributed by atoms with Crippen LogP contribution in [0.25, 0.3) is 0 Å². The van der Waals surface area contributed by atoms with Crippen molar-refractivity contribution in [1.29, 1.82) is 0 Å². The summed E-state index contributed by atoms with van der Waals surface area (Å²) in [5.74, 6) is 0. The van der Waals surface area contributed by atoms with E-state index in [2.05, 4.69) is 10.6 Å². The molecule has 0 aliphatic carbocycles. The lowest BCUT2D eigenvalue weighted by molar-refractivity contribution is 0.0455. The highest BCUT2D eigenvalue weighted by atomic mass is 16.5. The predicted molar refractivity (Wildman–Crippen MR) is 58.7 cm³/mol. The highest BCUT2D eigenvalue weighted by Crippen LogP contribution is 2.18. The van der Waals surface area contributed by atoms with E-state index in [-0.39, 0.29) is 11.6 Å². The molecule has 0 aromatic rings. The minimum Gasteiger partial charge on any atom is -0.381 e. The molecule has 1 fully saturated rings. The molecule has 4 N–H and O–H groups in total. The van der Waals surface area contributed by atoms with Gasteiger partial charge >= 0.3 is 6.03 Å². The van der Waals surface area contributed by atoms with Gasteiger partial charge in [-0.2, -0.15) is 0 Å². The molecule has 1 heterocycles. The van der Waals surface area contributed by atoms with Crippen LogP contribution >= 0.6 is 0 Å². The van der Waals surface area contributed by atoms with Gasteiger partial charge in [0.05, 0.1) is 5.54 Å². The Labute approximate surface area is 90.7 Å². The van der Waals surface area contributed by atoms with Crippen LogP contribution < -0.4 is 16.4 Å². The van der Waals surface area contributed by atoms with Crippen molar-refractivity contribution in [1.82, 2.24) is 10.6 Å². The van der Waals surface area contributed by atoms with Gasteiger partial charge in [-0.15, -0.1) is 0 Å². The average molecular weight is 215 g/mol. The summed E-state index contributed by atoms with van der Waals surface area (Å²) in [5, 5.41) is 5.75. The van der Waals surface area contributed by atoms with Crippen LogP contribution in [0.5, 0.6) is 0 Å². The Morgan fingerprint density at radius 1 is 1.47 bits per heavy atom. The van der Waals surface area contributed by atoms with E-state index in [1.165, 1.54) is 0 Å². The van der Waals surface area contributed by atoms with Crippen LogP contribution in [0.3, 0.4) is 0 Å². The molecule has 0 aromatic heterocycles. The lowest BCUT2D eigenvalue weighted by atomic mass is 9.90. The van der Waals surface area contributed by atoms with Crippen LogP contribution in [0.1, 0.15) is 26.2 Å². The van der Waals surface area contributed by atoms with Gasteiger partial charge in [0.15, 0.2) is 0 Å². The highest BCUT2D eigenvalue weighted by Gasteiger charge is 2.32. The third-order valence-electron chi connectivity index (χ3n) is 2.75. The van der Waals surface area contributed by atoms with Crippen molar-refractivity contribution in [3.8, 4) is 0 Å². The second-order valence-corrected chi connectivity index (χ2v) is 3.98. The molecule has 5 nitrogen and oxygen atoms in total. The minimum absolute atomic E-state index is 0.121. The summed E-state index contributed by atoms with van der Waals surface area (Å²) in [5.41, 5.74) is 5.45. The molecule has 0 aromatic carbocycles. The summed E-state index contributed by atoms with van der Waals surface area (Å²) in [6, 6.07) is -0.121. The number of nitrogens with one attached hydrogen (secondary N) is 2. The fourth-order valence-electron chi connectivity index (χ4n) is 1.67. The number of rotatable bonds is 4. The summed E-state index contributed by atoms with van der Waals surface area (Å²) >= 11 is 0. The molecule has 15 heavy (non-hydrogen) atoms. The van der Waals surface area contributed by atoms with E-state index in [4.69, 9.17) is 10.5 Å². The first-order valence-electron chi connectivity index (χ1n) is 5.56. The Bertz CT molecular complexity index is 203. The van der Waals surface area contributed by atoms with Gasteiger partial charge < -0.3 is 21.1 Å². The number of carbonyl (C=O) groups is 1. The maximum absolute atomic E-state index is 11.5. The van der Waals surface area contributed by atoms with Crippen molar-refractivity contribution in [2.45, 2.75) is 31.7 Å². The third-order valence-corrected chi connectivity index (χ3v) is 2.75. The molecule has 1 aliphatic rings. The maximum Gasteiger partial charge on any atom is 0.315 e. The lowest BCUT2D eigenvalue weighted by Crippen LogP contribution is -2.58. The number of ether oxygens (including phenoxy) is 1. The van der Waals surface area contributed by atoms with Gasteiger partial charge in [0.25, 0.3) is 0 Å². The van der Waals surface area contributed by atoms with E-state index in [0.29, 0.717) is 26.3 Å². The van der Waals surface area contributed by atoms with Crippen molar-refractivity contribution in [3.05, 3.63) is 0 Å². The molecule has 1 rings (SSSR count). The molecule has 0 bridgehead atoms. The summed E-state index contributed by atoms with van der Waals surface area (Å²) in [6.45, 7) is 4.53. The Hall–Kier alpha value is -0.810. The van der Waals surface area contributed by atoms with E-state index in [1.807, 2.05) is 6.92 Å². The van der Waals surface area contributed by atoms with E-state index in [9.17, 15) is 4.79 Å². The quantitative estimate of drug-likeness (QED) is 0.627. The van der Waals surface area contributed by atoms with Crippen molar-refractivity contribution in [2.75, 3.05) is 26.3 Å². The maximum atomic E-state index is 11.5. The number of carbonyl (C=O) groups excluding carboxylic acids is 1. The van der Waals surface area contributed by atoms with Crippen molar-refractivity contribution in [3.63, 3.8) is 0 Å². The van der Waals surface area contributed by atoms with Crippen LogP contribution in [0.15, 0.2) is 0 Å². The second kappa shape index (κ2) is 5.92. The van der Waals surface area contributed by atoms with Gasteiger partial charge in [0, 0.05) is 26.3 Å². The highest BCUT2D eigenvalue weighted by molar-refractivity contribution is 5.74. The molecule has 1 aliphatic heterocycles. The molecule has 0 saturated carbocycles. The molecule has 0 spiro atoms. The molecule has 2 amide bonds. The predicted octanol–water partition coefficient (Wildman–Crippen LogP) is 0.204. The normalized spacial score (nSPS) is 19.6. The first-order chi connectivity index (χ1) is 7.22. The molecule has 88 valence electrons. The fourth-order valence-corrected chi connectivity index (χ4v) is 1.67. The van der Waals surface area contributed by atoms with Crippen LogP contribution in [0.4, 0.5) is 4.79 Å². The van der Waals surface area contributed by atoms with Gasteiger partial charge in [-0.25, -0.2) is 4.79 Å². The van der Waals surface area contributed by atoms with Crippen LogP contribution in [-0.4, -0.2) is 37.9 Å². The Kier molecular flexibility index (Phi) is 4.84. The number of hydrogen-bond donors (Lipinski definition) is 3. The number of urea groups is 1. The van der Waals surface area contributed by atoms with Crippen molar-refractivity contribution < 1.29 is 9.53 Å². The SMILES string of the molecule is CCCNC(=O)NC1(CN)CCOCC1.